The third-order valence-corrected chi connectivity index (χ3v) is 10.8. The molecule has 0 unspecified atom stereocenters. The lowest BCUT2D eigenvalue weighted by molar-refractivity contribution is 0.669. The van der Waals surface area contributed by atoms with Crippen molar-refractivity contribution in [3.63, 3.8) is 0 Å². The van der Waals surface area contributed by atoms with E-state index in [-0.39, 0.29) is 0 Å². The van der Waals surface area contributed by atoms with Gasteiger partial charge in [-0.15, -0.1) is 0 Å². The molecule has 0 spiro atoms. The summed E-state index contributed by atoms with van der Waals surface area (Å²) < 4.78 is 13.3. The lowest BCUT2D eigenvalue weighted by atomic mass is 9.91. The number of hydrogen-bond acceptors (Lipinski definition) is 3. The zero-order valence-corrected chi connectivity index (χ0v) is 29.8. The topological polar surface area (TPSA) is 29.5 Å². The van der Waals surface area contributed by atoms with Gasteiger partial charge in [0.15, 0.2) is 0 Å². The molecule has 0 fully saturated rings. The first-order chi connectivity index (χ1) is 27.2. The van der Waals surface area contributed by atoms with Crippen LogP contribution in [0.2, 0.25) is 0 Å². The Kier molecular flexibility index (Phi) is 7.17. The number of rotatable bonds is 6. The lowest BCUT2D eigenvalue weighted by Gasteiger charge is -2.25. The Bertz CT molecular complexity index is 3140. The fourth-order valence-electron chi connectivity index (χ4n) is 8.22. The number of furan rings is 2. The lowest BCUT2D eigenvalue weighted by Crippen LogP contribution is -2.09. The molecule has 0 bridgehead atoms. The summed E-state index contributed by atoms with van der Waals surface area (Å²) >= 11 is 0. The fourth-order valence-corrected chi connectivity index (χ4v) is 8.22. The first kappa shape index (κ1) is 31.2. The van der Waals surface area contributed by atoms with Crippen LogP contribution in [0.5, 0.6) is 0 Å². The predicted octanol–water partition coefficient (Wildman–Crippen LogP) is 15.1. The van der Waals surface area contributed by atoms with Gasteiger partial charge in [-0.3, -0.25) is 0 Å². The summed E-state index contributed by atoms with van der Waals surface area (Å²) in [5.41, 5.74) is 13.4. The van der Waals surface area contributed by atoms with Gasteiger partial charge < -0.3 is 13.7 Å². The Labute approximate surface area is 317 Å². The van der Waals surface area contributed by atoms with E-state index in [9.17, 15) is 0 Å². The first-order valence-corrected chi connectivity index (χ1v) is 18.7. The van der Waals surface area contributed by atoms with Crippen molar-refractivity contribution in [2.75, 3.05) is 4.90 Å². The largest absolute Gasteiger partial charge is 0.456 e. The normalized spacial score (nSPS) is 11.6. The average molecular weight is 704 g/mol. The Morgan fingerprint density at radius 3 is 1.62 bits per heavy atom. The van der Waals surface area contributed by atoms with Gasteiger partial charge in [0.05, 0.1) is 0 Å². The van der Waals surface area contributed by atoms with E-state index in [0.717, 1.165) is 88.6 Å². The Balaban J connectivity index is 1.14. The molecule has 0 radical (unpaired) electrons. The van der Waals surface area contributed by atoms with Crippen LogP contribution >= 0.6 is 0 Å². The SMILES string of the molecule is c1ccc(-c2cc(-c3ccccc3)cc(-c3cc4ccccc4c4c3oc3ccc(N(c5ccccc5)c5ccc6c(c5)oc5ccccc56)cc34)c2)cc1. The van der Waals surface area contributed by atoms with Crippen LogP contribution in [-0.4, -0.2) is 0 Å². The third kappa shape index (κ3) is 5.28. The number of hydrogen-bond donors (Lipinski definition) is 0. The van der Waals surface area contributed by atoms with Gasteiger partial charge in [0.2, 0.25) is 0 Å². The molecule has 9 aromatic carbocycles. The van der Waals surface area contributed by atoms with Crippen molar-refractivity contribution in [3.8, 4) is 33.4 Å². The minimum Gasteiger partial charge on any atom is -0.456 e. The van der Waals surface area contributed by atoms with Crippen LogP contribution in [0.4, 0.5) is 17.1 Å². The molecule has 11 rings (SSSR count). The smallest absolute Gasteiger partial charge is 0.143 e. The third-order valence-electron chi connectivity index (χ3n) is 10.8. The molecule has 55 heavy (non-hydrogen) atoms. The molecule has 0 saturated heterocycles. The highest BCUT2D eigenvalue weighted by molar-refractivity contribution is 6.23. The van der Waals surface area contributed by atoms with E-state index in [1.165, 1.54) is 16.5 Å². The summed E-state index contributed by atoms with van der Waals surface area (Å²) in [5, 5.41) is 6.73. The Morgan fingerprint density at radius 2 is 0.873 bits per heavy atom. The number of nitrogens with zero attached hydrogens (tertiary/aromatic N) is 1. The quantitative estimate of drug-likeness (QED) is 0.173. The van der Waals surface area contributed by atoms with Crippen LogP contribution in [0.25, 0.3) is 88.0 Å². The second-order valence-corrected chi connectivity index (χ2v) is 14.1. The number of anilines is 3. The van der Waals surface area contributed by atoms with Crippen molar-refractivity contribution < 1.29 is 8.83 Å². The molecule has 11 aromatic rings. The molecule has 3 nitrogen and oxygen atoms in total. The Morgan fingerprint density at radius 1 is 0.309 bits per heavy atom. The van der Waals surface area contributed by atoms with Crippen LogP contribution in [-0.2, 0) is 0 Å². The van der Waals surface area contributed by atoms with Crippen LogP contribution in [0, 0.1) is 0 Å². The summed E-state index contributed by atoms with van der Waals surface area (Å²) in [6.45, 7) is 0. The van der Waals surface area contributed by atoms with Crippen LogP contribution in [0.1, 0.15) is 0 Å². The van der Waals surface area contributed by atoms with Gasteiger partial charge in [0.25, 0.3) is 0 Å². The molecule has 0 amide bonds. The summed E-state index contributed by atoms with van der Waals surface area (Å²) in [7, 11) is 0. The van der Waals surface area contributed by atoms with E-state index >= 15 is 0 Å². The van der Waals surface area contributed by atoms with Gasteiger partial charge in [-0.25, -0.2) is 0 Å². The van der Waals surface area contributed by atoms with Crippen LogP contribution in [0.15, 0.2) is 209 Å². The van der Waals surface area contributed by atoms with E-state index in [1.54, 1.807) is 0 Å². The van der Waals surface area contributed by atoms with E-state index in [4.69, 9.17) is 8.83 Å². The molecular weight excluding hydrogens is 671 g/mol. The van der Waals surface area contributed by atoms with Crippen molar-refractivity contribution in [1.29, 1.82) is 0 Å². The van der Waals surface area contributed by atoms with Crippen molar-refractivity contribution in [3.05, 3.63) is 200 Å². The molecule has 0 atom stereocenters. The van der Waals surface area contributed by atoms with Gasteiger partial charge in [-0.05, 0) is 111 Å². The van der Waals surface area contributed by atoms with E-state index < -0.39 is 0 Å². The van der Waals surface area contributed by atoms with Gasteiger partial charge in [-0.1, -0.05) is 121 Å². The molecule has 0 aliphatic carbocycles. The molecule has 0 aliphatic heterocycles. The second-order valence-electron chi connectivity index (χ2n) is 14.1. The maximum Gasteiger partial charge on any atom is 0.143 e. The highest BCUT2D eigenvalue weighted by Crippen LogP contribution is 2.45. The minimum absolute atomic E-state index is 0.847. The van der Waals surface area contributed by atoms with Crippen LogP contribution < -0.4 is 4.90 Å². The monoisotopic (exact) mass is 703 g/mol. The molecular formula is C52H33NO2. The van der Waals surface area contributed by atoms with Crippen molar-refractivity contribution in [1.82, 2.24) is 0 Å². The maximum absolute atomic E-state index is 6.94. The van der Waals surface area contributed by atoms with E-state index in [0.29, 0.717) is 0 Å². The standard InChI is InChI=1S/C52H33NO2/c1-4-14-34(15-5-1)37-28-38(35-16-6-2-7-17-35)30-39(29-37)46-31-36-18-10-11-21-43(36)51-47-32-41(25-27-49(47)55-52(46)51)53(40-19-8-3-9-20-40)42-24-26-45-44-22-12-13-23-48(44)54-50(45)33-42/h1-33H. The molecule has 3 heteroatoms. The van der Waals surface area contributed by atoms with Gasteiger partial charge in [0, 0.05) is 50.2 Å². The summed E-state index contributed by atoms with van der Waals surface area (Å²) in [4.78, 5) is 2.30. The molecule has 0 N–H and O–H groups in total. The van der Waals surface area contributed by atoms with Crippen molar-refractivity contribution in [2.24, 2.45) is 0 Å². The number of fused-ring (bicyclic) bond motifs is 8. The Hall–Kier alpha value is -7.36. The molecule has 0 saturated carbocycles. The van der Waals surface area contributed by atoms with Crippen molar-refractivity contribution >= 4 is 71.7 Å². The van der Waals surface area contributed by atoms with E-state index in [1.807, 2.05) is 12.1 Å². The molecule has 0 aliphatic rings. The maximum atomic E-state index is 6.94. The zero-order valence-electron chi connectivity index (χ0n) is 29.8. The van der Waals surface area contributed by atoms with Crippen molar-refractivity contribution in [2.45, 2.75) is 0 Å². The molecule has 258 valence electrons. The van der Waals surface area contributed by atoms with E-state index in [2.05, 4.69) is 193 Å². The highest BCUT2D eigenvalue weighted by Gasteiger charge is 2.21. The predicted molar refractivity (Wildman–Crippen MR) is 229 cm³/mol. The summed E-state index contributed by atoms with van der Waals surface area (Å²) in [6, 6.07) is 70.9. The van der Waals surface area contributed by atoms with Crippen LogP contribution in [0.3, 0.4) is 0 Å². The second kappa shape index (κ2) is 12.6. The first-order valence-electron chi connectivity index (χ1n) is 18.7. The van der Waals surface area contributed by atoms with Gasteiger partial charge >= 0.3 is 0 Å². The molecule has 2 heterocycles. The average Bonchev–Trinajstić information content (AvgIpc) is 3.83. The number of benzene rings is 9. The molecule has 2 aromatic heterocycles. The van der Waals surface area contributed by atoms with Gasteiger partial charge in [0.1, 0.15) is 22.3 Å². The highest BCUT2D eigenvalue weighted by atomic mass is 16.3. The number of para-hydroxylation sites is 2. The minimum atomic E-state index is 0.847. The van der Waals surface area contributed by atoms with Gasteiger partial charge in [-0.2, -0.15) is 0 Å². The summed E-state index contributed by atoms with van der Waals surface area (Å²) in [5.74, 6) is 0. The zero-order chi connectivity index (χ0) is 36.3. The summed E-state index contributed by atoms with van der Waals surface area (Å²) in [6.07, 6.45) is 0. The fraction of sp³-hybridized carbons (Fsp3) is 0.